The number of nitrogens with zero attached hydrogens (tertiary/aromatic N) is 4. The molecular weight excluding hydrogens is 326 g/mol. The lowest BCUT2D eigenvalue weighted by molar-refractivity contribution is -0.118. The van der Waals surface area contributed by atoms with Crippen LogP contribution >= 0.6 is 11.8 Å². The molecule has 2 rings (SSSR count). The number of aromatic hydroxyl groups is 1. The number of aromatic nitrogens is 2. The molecule has 0 saturated heterocycles. The summed E-state index contributed by atoms with van der Waals surface area (Å²) in [4.78, 5) is 22.3. The summed E-state index contributed by atoms with van der Waals surface area (Å²) in [5, 5.41) is 14.2. The predicted molar refractivity (Wildman–Crippen MR) is 95.7 cm³/mol. The molecule has 1 aromatic carbocycles. The normalized spacial score (nSPS) is 10.8. The molecule has 0 saturated carbocycles. The van der Waals surface area contributed by atoms with Gasteiger partial charge >= 0.3 is 0 Å². The smallest absolute Gasteiger partial charge is 0.250 e. The second-order valence-electron chi connectivity index (χ2n) is 5.18. The van der Waals surface area contributed by atoms with Gasteiger partial charge in [0.15, 0.2) is 0 Å². The number of hydrogen-bond acceptors (Lipinski definition) is 7. The first kappa shape index (κ1) is 17.7. The minimum absolute atomic E-state index is 0.109. The number of anilines is 1. The van der Waals surface area contributed by atoms with Gasteiger partial charge in [0.25, 0.3) is 0 Å². The Morgan fingerprint density at radius 1 is 1.38 bits per heavy atom. The molecule has 0 aliphatic heterocycles. The molecule has 126 valence electrons. The number of benzene rings is 1. The van der Waals surface area contributed by atoms with Crippen LogP contribution in [0.25, 0.3) is 0 Å². The molecule has 0 radical (unpaired) electrons. The number of para-hydroxylation sites is 1. The molecule has 2 N–H and O–H groups in total. The van der Waals surface area contributed by atoms with E-state index < -0.39 is 0 Å². The molecule has 0 unspecified atom stereocenters. The predicted octanol–water partition coefficient (Wildman–Crippen LogP) is 1.80. The van der Waals surface area contributed by atoms with Crippen LogP contribution in [0.4, 0.5) is 5.95 Å². The number of rotatable bonds is 6. The fourth-order valence-electron chi connectivity index (χ4n) is 1.74. The Balaban J connectivity index is 1.88. The Morgan fingerprint density at radius 3 is 2.83 bits per heavy atom. The van der Waals surface area contributed by atoms with E-state index in [9.17, 15) is 9.90 Å². The summed E-state index contributed by atoms with van der Waals surface area (Å²) in [5.74, 6) is 0.643. The van der Waals surface area contributed by atoms with Gasteiger partial charge in [-0.05, 0) is 25.1 Å². The van der Waals surface area contributed by atoms with Gasteiger partial charge in [0.05, 0.1) is 12.0 Å². The summed E-state index contributed by atoms with van der Waals surface area (Å²) in [6.45, 7) is 1.88. The Hall–Kier alpha value is -2.61. The maximum Gasteiger partial charge on any atom is 0.250 e. The van der Waals surface area contributed by atoms with E-state index in [4.69, 9.17) is 0 Å². The summed E-state index contributed by atoms with van der Waals surface area (Å²) in [5.41, 5.74) is 3.80. The summed E-state index contributed by atoms with van der Waals surface area (Å²) in [6, 6.07) is 8.58. The zero-order chi connectivity index (χ0) is 17.5. The fraction of sp³-hybridized carbons (Fsp3) is 0.250. The molecule has 0 bridgehead atoms. The zero-order valence-electron chi connectivity index (χ0n) is 13.7. The van der Waals surface area contributed by atoms with E-state index in [-0.39, 0.29) is 17.4 Å². The third-order valence-electron chi connectivity index (χ3n) is 2.90. The largest absolute Gasteiger partial charge is 0.507 e. The Morgan fingerprint density at radius 2 is 2.12 bits per heavy atom. The lowest BCUT2D eigenvalue weighted by Crippen LogP contribution is -2.20. The van der Waals surface area contributed by atoms with E-state index >= 15 is 0 Å². The Labute approximate surface area is 144 Å². The molecule has 0 atom stereocenters. The van der Waals surface area contributed by atoms with Gasteiger partial charge in [-0.2, -0.15) is 5.10 Å². The minimum Gasteiger partial charge on any atom is -0.507 e. The molecule has 8 heteroatoms. The van der Waals surface area contributed by atoms with E-state index in [0.717, 1.165) is 10.7 Å². The van der Waals surface area contributed by atoms with Gasteiger partial charge in [-0.15, -0.1) is 0 Å². The zero-order valence-corrected chi connectivity index (χ0v) is 14.5. The summed E-state index contributed by atoms with van der Waals surface area (Å²) in [6.07, 6.45) is 1.40. The lowest BCUT2D eigenvalue weighted by atomic mass is 10.2. The van der Waals surface area contributed by atoms with Crippen molar-refractivity contribution in [2.45, 2.75) is 11.9 Å². The van der Waals surface area contributed by atoms with Crippen LogP contribution in [-0.4, -0.2) is 47.0 Å². The van der Waals surface area contributed by atoms with Crippen molar-refractivity contribution >= 4 is 29.8 Å². The highest BCUT2D eigenvalue weighted by molar-refractivity contribution is 7.99. The number of aryl methyl sites for hydroxylation is 1. The molecule has 1 aromatic heterocycles. The fourth-order valence-corrected chi connectivity index (χ4v) is 2.48. The molecule has 0 aliphatic carbocycles. The summed E-state index contributed by atoms with van der Waals surface area (Å²) < 4.78 is 0. The summed E-state index contributed by atoms with van der Waals surface area (Å²) in [7, 11) is 3.73. The minimum atomic E-state index is -0.255. The van der Waals surface area contributed by atoms with Gasteiger partial charge in [0.1, 0.15) is 10.8 Å². The highest BCUT2D eigenvalue weighted by atomic mass is 32.2. The van der Waals surface area contributed by atoms with Crippen molar-refractivity contribution in [2.75, 3.05) is 24.7 Å². The third kappa shape index (κ3) is 5.24. The summed E-state index contributed by atoms with van der Waals surface area (Å²) >= 11 is 1.31. The number of nitrogens with one attached hydrogen (secondary N) is 1. The molecular formula is C16H19N5O2S. The van der Waals surface area contributed by atoms with E-state index in [2.05, 4.69) is 20.5 Å². The van der Waals surface area contributed by atoms with Gasteiger partial charge in [0.2, 0.25) is 11.9 Å². The van der Waals surface area contributed by atoms with Gasteiger partial charge in [-0.25, -0.2) is 15.4 Å². The van der Waals surface area contributed by atoms with Crippen LogP contribution in [-0.2, 0) is 4.79 Å². The molecule has 2 aromatic rings. The van der Waals surface area contributed by atoms with Crippen molar-refractivity contribution in [1.82, 2.24) is 15.4 Å². The molecule has 24 heavy (non-hydrogen) atoms. The Kier molecular flexibility index (Phi) is 6.14. The average Bonchev–Trinajstić information content (AvgIpc) is 2.54. The average molecular weight is 345 g/mol. The number of hydrazone groups is 1. The quantitative estimate of drug-likeness (QED) is 0.359. The van der Waals surface area contributed by atoms with Crippen molar-refractivity contribution in [3.8, 4) is 5.75 Å². The second kappa shape index (κ2) is 8.30. The molecule has 0 spiro atoms. The number of phenols is 1. The van der Waals surface area contributed by atoms with Crippen LogP contribution in [0, 0.1) is 6.92 Å². The highest BCUT2D eigenvalue weighted by Crippen LogP contribution is 2.18. The monoisotopic (exact) mass is 345 g/mol. The van der Waals surface area contributed by atoms with Gasteiger partial charge in [-0.3, -0.25) is 4.79 Å². The number of amides is 1. The van der Waals surface area contributed by atoms with Gasteiger partial charge in [0, 0.05) is 25.4 Å². The van der Waals surface area contributed by atoms with Crippen LogP contribution in [0.15, 0.2) is 40.5 Å². The molecule has 1 heterocycles. The number of carbonyl (C=O) groups excluding carboxylic acids is 1. The van der Waals surface area contributed by atoms with E-state index in [1.165, 1.54) is 18.0 Å². The third-order valence-corrected chi connectivity index (χ3v) is 3.81. The number of thioether (sulfide) groups is 1. The lowest BCUT2D eigenvalue weighted by Gasteiger charge is -2.11. The van der Waals surface area contributed by atoms with Crippen LogP contribution in [0.1, 0.15) is 11.3 Å². The second-order valence-corrected chi connectivity index (χ2v) is 6.18. The van der Waals surface area contributed by atoms with E-state index in [1.54, 1.807) is 24.3 Å². The number of hydrogen-bond donors (Lipinski definition) is 2. The number of phenolic OH excluding ortho intramolecular Hbond substituents is 1. The van der Waals surface area contributed by atoms with E-state index in [1.807, 2.05) is 32.0 Å². The van der Waals surface area contributed by atoms with Crippen molar-refractivity contribution in [1.29, 1.82) is 0 Å². The first-order valence-corrected chi connectivity index (χ1v) is 8.20. The first-order chi connectivity index (χ1) is 11.5. The van der Waals surface area contributed by atoms with Crippen molar-refractivity contribution in [2.24, 2.45) is 5.10 Å². The first-order valence-electron chi connectivity index (χ1n) is 7.21. The van der Waals surface area contributed by atoms with Crippen LogP contribution < -0.4 is 10.3 Å². The molecule has 7 nitrogen and oxygen atoms in total. The highest BCUT2D eigenvalue weighted by Gasteiger charge is 2.07. The van der Waals surface area contributed by atoms with Crippen LogP contribution in [0.3, 0.4) is 0 Å². The standard InChI is InChI=1S/C16H19N5O2S/c1-11-8-15(19-16(18-11)21(2)3)24-10-14(23)20-17-9-12-6-4-5-7-13(12)22/h4-9,22H,10H2,1-3H3,(H,20,23)/b17-9+. The topological polar surface area (TPSA) is 90.7 Å². The SMILES string of the molecule is Cc1cc(SCC(=O)N/N=C/c2ccccc2O)nc(N(C)C)n1. The van der Waals surface area contributed by atoms with E-state index in [0.29, 0.717) is 11.5 Å². The molecule has 1 amide bonds. The molecule has 0 aliphatic rings. The van der Waals surface area contributed by atoms with Crippen LogP contribution in [0.5, 0.6) is 5.75 Å². The molecule has 0 fully saturated rings. The Bertz CT molecular complexity index is 749. The number of carbonyl (C=O) groups is 1. The maximum absolute atomic E-state index is 11.8. The van der Waals surface area contributed by atoms with Crippen molar-refractivity contribution < 1.29 is 9.90 Å². The van der Waals surface area contributed by atoms with Crippen molar-refractivity contribution in [3.05, 3.63) is 41.6 Å². The maximum atomic E-state index is 11.8. The van der Waals surface area contributed by atoms with Crippen molar-refractivity contribution in [3.63, 3.8) is 0 Å². The van der Waals surface area contributed by atoms with Crippen LogP contribution in [0.2, 0.25) is 0 Å². The van der Waals surface area contributed by atoms with Gasteiger partial charge < -0.3 is 10.0 Å². The van der Waals surface area contributed by atoms with Gasteiger partial charge in [-0.1, -0.05) is 23.9 Å².